The molecule has 1 amide bonds. The Balaban J connectivity index is 1.75. The quantitative estimate of drug-likeness (QED) is 0.702. The Morgan fingerprint density at radius 3 is 2.81 bits per heavy atom. The van der Waals surface area contributed by atoms with E-state index in [-0.39, 0.29) is 16.9 Å². The molecule has 27 heavy (non-hydrogen) atoms. The zero-order chi connectivity index (χ0) is 19.4. The van der Waals surface area contributed by atoms with Crippen LogP contribution in [0.3, 0.4) is 0 Å². The Morgan fingerprint density at radius 2 is 2.07 bits per heavy atom. The van der Waals surface area contributed by atoms with Gasteiger partial charge < -0.3 is 10.1 Å². The Morgan fingerprint density at radius 1 is 1.26 bits per heavy atom. The molecule has 8 heteroatoms. The van der Waals surface area contributed by atoms with Crippen LogP contribution >= 0.6 is 15.9 Å². The van der Waals surface area contributed by atoms with Crippen molar-refractivity contribution in [3.05, 3.63) is 58.1 Å². The van der Waals surface area contributed by atoms with Crippen LogP contribution in [-0.2, 0) is 14.8 Å². The molecule has 1 aliphatic heterocycles. The topological polar surface area (TPSA) is 84.5 Å². The molecular weight excluding hydrogens is 432 g/mol. The molecular formula is C19H21BrN2O4S. The van der Waals surface area contributed by atoms with E-state index in [1.165, 1.54) is 12.1 Å². The number of aryl methyl sites for hydroxylation is 1. The van der Waals surface area contributed by atoms with Gasteiger partial charge in [0.2, 0.25) is 0 Å². The van der Waals surface area contributed by atoms with Crippen molar-refractivity contribution in [3.63, 3.8) is 0 Å². The first-order valence-electron chi connectivity index (χ1n) is 8.64. The van der Waals surface area contributed by atoms with Crippen LogP contribution in [0, 0.1) is 6.92 Å². The van der Waals surface area contributed by atoms with Gasteiger partial charge in [0.25, 0.3) is 15.9 Å². The Hall–Kier alpha value is -1.90. The monoisotopic (exact) mass is 452 g/mol. The van der Waals surface area contributed by atoms with E-state index >= 15 is 0 Å². The molecule has 0 saturated carbocycles. The minimum atomic E-state index is -3.82. The molecule has 2 aromatic carbocycles. The lowest BCUT2D eigenvalue weighted by molar-refractivity contribution is 0.0857. The predicted molar refractivity (Wildman–Crippen MR) is 107 cm³/mol. The van der Waals surface area contributed by atoms with E-state index in [0.717, 1.165) is 18.4 Å². The number of anilines is 1. The maximum absolute atomic E-state index is 12.7. The smallest absolute Gasteiger partial charge is 0.261 e. The molecule has 0 bridgehead atoms. The van der Waals surface area contributed by atoms with Gasteiger partial charge in [0.15, 0.2) is 0 Å². The number of halogens is 1. The first-order chi connectivity index (χ1) is 12.8. The van der Waals surface area contributed by atoms with Gasteiger partial charge in [0.1, 0.15) is 0 Å². The predicted octanol–water partition coefficient (Wildman–Crippen LogP) is 3.47. The van der Waals surface area contributed by atoms with Gasteiger partial charge in [0, 0.05) is 23.2 Å². The van der Waals surface area contributed by atoms with E-state index in [1.54, 1.807) is 24.3 Å². The second-order valence-electron chi connectivity index (χ2n) is 6.46. The summed E-state index contributed by atoms with van der Waals surface area (Å²) in [6, 6.07) is 11.4. The molecule has 1 fully saturated rings. The van der Waals surface area contributed by atoms with E-state index in [0.29, 0.717) is 28.9 Å². The minimum absolute atomic E-state index is 0.0284. The molecule has 2 N–H and O–H groups in total. The first kappa shape index (κ1) is 19.9. The summed E-state index contributed by atoms with van der Waals surface area (Å²) in [4.78, 5) is 12.4. The summed E-state index contributed by atoms with van der Waals surface area (Å²) in [5, 5.41) is 2.80. The average Bonchev–Trinajstić information content (AvgIpc) is 3.16. The molecule has 0 aliphatic carbocycles. The van der Waals surface area contributed by atoms with E-state index in [1.807, 2.05) is 13.0 Å². The number of sulfonamides is 1. The van der Waals surface area contributed by atoms with Crippen molar-refractivity contribution in [2.45, 2.75) is 30.8 Å². The molecule has 1 heterocycles. The van der Waals surface area contributed by atoms with Gasteiger partial charge in [-0.2, -0.15) is 0 Å². The Kier molecular flexibility index (Phi) is 6.18. The fourth-order valence-corrected chi connectivity index (χ4v) is 4.43. The average molecular weight is 453 g/mol. The molecule has 0 radical (unpaired) electrons. The lowest BCUT2D eigenvalue weighted by Crippen LogP contribution is -2.31. The molecule has 1 saturated heterocycles. The van der Waals surface area contributed by atoms with Crippen LogP contribution in [0.1, 0.15) is 28.8 Å². The normalized spacial score (nSPS) is 16.9. The number of rotatable bonds is 6. The van der Waals surface area contributed by atoms with Gasteiger partial charge in [-0.1, -0.05) is 12.1 Å². The van der Waals surface area contributed by atoms with Crippen LogP contribution in [0.4, 0.5) is 5.69 Å². The highest BCUT2D eigenvalue weighted by Crippen LogP contribution is 2.26. The zero-order valence-electron chi connectivity index (χ0n) is 14.9. The van der Waals surface area contributed by atoms with Crippen molar-refractivity contribution in [1.29, 1.82) is 0 Å². The second kappa shape index (κ2) is 8.41. The second-order valence-corrected chi connectivity index (χ2v) is 9.00. The van der Waals surface area contributed by atoms with Crippen LogP contribution in [0.5, 0.6) is 0 Å². The highest BCUT2D eigenvalue weighted by Gasteiger charge is 2.19. The molecule has 2 aromatic rings. The molecule has 1 aliphatic rings. The van der Waals surface area contributed by atoms with Crippen molar-refractivity contribution in [1.82, 2.24) is 5.32 Å². The number of benzene rings is 2. The summed E-state index contributed by atoms with van der Waals surface area (Å²) in [5.41, 5.74) is 1.67. The highest BCUT2D eigenvalue weighted by atomic mass is 79.9. The molecule has 144 valence electrons. The summed E-state index contributed by atoms with van der Waals surface area (Å²) in [6.07, 6.45) is 1.94. The third-order valence-corrected chi connectivity index (χ3v) is 6.34. The standard InChI is InChI=1S/C19H21BrN2O4S/c1-13-7-8-17(20)18(10-13)22-27(24,25)16-6-2-4-14(11-16)19(23)21-12-15-5-3-9-26-15/h2,4,6-8,10-11,15,22H,3,5,9,12H2,1H3,(H,21,23)/t15-/m1/s1. The number of nitrogens with one attached hydrogen (secondary N) is 2. The van der Waals surface area contributed by atoms with Crippen molar-refractivity contribution in [2.24, 2.45) is 0 Å². The fraction of sp³-hybridized carbons (Fsp3) is 0.316. The number of hydrogen-bond acceptors (Lipinski definition) is 4. The van der Waals surface area contributed by atoms with Crippen LogP contribution in [-0.4, -0.2) is 33.6 Å². The summed E-state index contributed by atoms with van der Waals surface area (Å²) in [6.45, 7) is 3.02. The van der Waals surface area contributed by atoms with Crippen molar-refractivity contribution in [2.75, 3.05) is 17.9 Å². The number of hydrogen-bond donors (Lipinski definition) is 2. The molecule has 1 atom stereocenters. The maximum Gasteiger partial charge on any atom is 0.261 e. The van der Waals surface area contributed by atoms with Gasteiger partial charge in [-0.25, -0.2) is 8.42 Å². The molecule has 3 rings (SSSR count). The molecule has 0 spiro atoms. The zero-order valence-corrected chi connectivity index (χ0v) is 17.3. The van der Waals surface area contributed by atoms with Gasteiger partial charge in [-0.05, 0) is 71.6 Å². The largest absolute Gasteiger partial charge is 0.376 e. The highest BCUT2D eigenvalue weighted by molar-refractivity contribution is 9.10. The number of ether oxygens (including phenoxy) is 1. The number of amides is 1. The van der Waals surface area contributed by atoms with E-state index < -0.39 is 10.0 Å². The van der Waals surface area contributed by atoms with E-state index in [9.17, 15) is 13.2 Å². The first-order valence-corrected chi connectivity index (χ1v) is 10.9. The lowest BCUT2D eigenvalue weighted by Gasteiger charge is -2.13. The molecule has 6 nitrogen and oxygen atoms in total. The van der Waals surface area contributed by atoms with Crippen LogP contribution in [0.15, 0.2) is 51.8 Å². The van der Waals surface area contributed by atoms with Crippen LogP contribution < -0.4 is 10.0 Å². The van der Waals surface area contributed by atoms with Crippen molar-refractivity contribution >= 4 is 37.5 Å². The molecule has 0 aromatic heterocycles. The van der Waals surface area contributed by atoms with Gasteiger partial charge in [-0.3, -0.25) is 9.52 Å². The Bertz CT molecular complexity index is 940. The van der Waals surface area contributed by atoms with Gasteiger partial charge in [0.05, 0.1) is 16.7 Å². The van der Waals surface area contributed by atoms with Crippen LogP contribution in [0.2, 0.25) is 0 Å². The summed E-state index contributed by atoms with van der Waals surface area (Å²) >= 11 is 3.34. The summed E-state index contributed by atoms with van der Waals surface area (Å²) < 4.78 is 34.1. The SMILES string of the molecule is Cc1ccc(Br)c(NS(=O)(=O)c2cccc(C(=O)NC[C@H]3CCCO3)c2)c1. The summed E-state index contributed by atoms with van der Waals surface area (Å²) in [7, 11) is -3.82. The maximum atomic E-state index is 12.7. The van der Waals surface area contributed by atoms with Gasteiger partial charge in [-0.15, -0.1) is 0 Å². The minimum Gasteiger partial charge on any atom is -0.376 e. The van der Waals surface area contributed by atoms with E-state index in [2.05, 4.69) is 26.0 Å². The summed E-state index contributed by atoms with van der Waals surface area (Å²) in [5.74, 6) is -0.320. The fourth-order valence-electron chi connectivity index (χ4n) is 2.84. The van der Waals surface area contributed by atoms with E-state index in [4.69, 9.17) is 4.74 Å². The van der Waals surface area contributed by atoms with Crippen molar-refractivity contribution < 1.29 is 17.9 Å². The third kappa shape index (κ3) is 5.09. The number of carbonyl (C=O) groups is 1. The van der Waals surface area contributed by atoms with Crippen molar-refractivity contribution in [3.8, 4) is 0 Å². The number of carbonyl (C=O) groups excluding carboxylic acids is 1. The molecule has 0 unspecified atom stereocenters. The van der Waals surface area contributed by atoms with Crippen LogP contribution in [0.25, 0.3) is 0 Å². The van der Waals surface area contributed by atoms with Gasteiger partial charge >= 0.3 is 0 Å². The third-order valence-electron chi connectivity index (χ3n) is 4.29. The Labute approximate surface area is 167 Å². The lowest BCUT2D eigenvalue weighted by atomic mass is 10.2.